The molecule has 164 valence electrons. The molecule has 0 aliphatic heterocycles. The summed E-state index contributed by atoms with van der Waals surface area (Å²) in [6, 6.07) is 13.7. The summed E-state index contributed by atoms with van der Waals surface area (Å²) < 4.78 is 0. The van der Waals surface area contributed by atoms with Gasteiger partial charge in [-0.1, -0.05) is 95.5 Å². The summed E-state index contributed by atoms with van der Waals surface area (Å²) in [5, 5.41) is 0. The second-order valence-electron chi connectivity index (χ2n) is 9.55. The van der Waals surface area contributed by atoms with Gasteiger partial charge in [-0.3, -0.25) is 4.98 Å². The molecule has 1 aromatic heterocycles. The van der Waals surface area contributed by atoms with Gasteiger partial charge in [0.15, 0.2) is 0 Å². The van der Waals surface area contributed by atoms with E-state index in [2.05, 4.69) is 56.4 Å². The predicted molar refractivity (Wildman–Crippen MR) is 131 cm³/mol. The average molecular weight is 406 g/mol. The highest BCUT2D eigenvalue weighted by atomic mass is 14.7. The first-order valence-corrected chi connectivity index (χ1v) is 12.9. The van der Waals surface area contributed by atoms with Gasteiger partial charge in [0.1, 0.15) is 0 Å². The van der Waals surface area contributed by atoms with Gasteiger partial charge < -0.3 is 0 Å². The molecule has 1 heteroatoms. The Hall–Kier alpha value is -1.63. The number of benzene rings is 1. The molecule has 1 aromatic carbocycles. The van der Waals surface area contributed by atoms with Gasteiger partial charge in [0.25, 0.3) is 0 Å². The van der Waals surface area contributed by atoms with E-state index in [1.807, 2.05) is 0 Å². The molecular weight excluding hydrogens is 362 g/mol. The fraction of sp³-hybridized carbons (Fsp3) is 0.621. The van der Waals surface area contributed by atoms with Gasteiger partial charge in [-0.15, -0.1) is 0 Å². The lowest BCUT2D eigenvalue weighted by atomic mass is 9.78. The van der Waals surface area contributed by atoms with Gasteiger partial charge >= 0.3 is 0 Å². The molecule has 1 fully saturated rings. The largest absolute Gasteiger partial charge is 0.260 e. The number of hydrogen-bond acceptors (Lipinski definition) is 1. The zero-order valence-corrected chi connectivity index (χ0v) is 19.5. The van der Waals surface area contributed by atoms with E-state index in [1.54, 1.807) is 0 Å². The third kappa shape index (κ3) is 7.25. The van der Waals surface area contributed by atoms with Crippen molar-refractivity contribution in [3.05, 3.63) is 53.9 Å². The first-order valence-electron chi connectivity index (χ1n) is 12.9. The van der Waals surface area contributed by atoms with Crippen LogP contribution in [0.5, 0.6) is 0 Å². The molecular formula is C29H43N. The van der Waals surface area contributed by atoms with Crippen molar-refractivity contribution in [2.24, 2.45) is 5.92 Å². The summed E-state index contributed by atoms with van der Waals surface area (Å²) in [6.45, 7) is 4.57. The zero-order valence-electron chi connectivity index (χ0n) is 19.5. The van der Waals surface area contributed by atoms with E-state index in [0.717, 1.165) is 5.92 Å². The van der Waals surface area contributed by atoms with Crippen LogP contribution in [0.3, 0.4) is 0 Å². The Morgan fingerprint density at radius 2 is 1.37 bits per heavy atom. The summed E-state index contributed by atoms with van der Waals surface area (Å²) in [7, 11) is 0. The van der Waals surface area contributed by atoms with E-state index in [9.17, 15) is 0 Å². The average Bonchev–Trinajstić information content (AvgIpc) is 2.81. The molecule has 1 aliphatic carbocycles. The second kappa shape index (κ2) is 12.9. The molecule has 3 rings (SSSR count). The second-order valence-corrected chi connectivity index (χ2v) is 9.55. The third-order valence-corrected chi connectivity index (χ3v) is 7.12. The van der Waals surface area contributed by atoms with Crippen LogP contribution in [0.25, 0.3) is 11.1 Å². The quantitative estimate of drug-likeness (QED) is 0.321. The topological polar surface area (TPSA) is 12.9 Å². The van der Waals surface area contributed by atoms with Crippen LogP contribution in [0.2, 0.25) is 0 Å². The minimum Gasteiger partial charge on any atom is -0.260 e. The summed E-state index contributed by atoms with van der Waals surface area (Å²) >= 11 is 0. The Bertz CT molecular complexity index is 692. The SMILES string of the molecule is CCCCCCc1ccc(-c2ccc([C@H]3CC[C@H](CCCCCC)CC3)nc2)cc1. The van der Waals surface area contributed by atoms with Gasteiger partial charge in [-0.25, -0.2) is 0 Å². The summed E-state index contributed by atoms with van der Waals surface area (Å²) in [5.41, 5.74) is 5.32. The number of unbranched alkanes of at least 4 members (excludes halogenated alkanes) is 6. The van der Waals surface area contributed by atoms with E-state index in [4.69, 9.17) is 4.98 Å². The van der Waals surface area contributed by atoms with E-state index in [1.165, 1.54) is 112 Å². The molecule has 0 N–H and O–H groups in total. The molecule has 30 heavy (non-hydrogen) atoms. The molecule has 0 atom stereocenters. The van der Waals surface area contributed by atoms with E-state index >= 15 is 0 Å². The number of rotatable bonds is 12. The molecule has 2 aromatic rings. The predicted octanol–water partition coefficient (Wildman–Crippen LogP) is 9.12. The smallest absolute Gasteiger partial charge is 0.0434 e. The highest BCUT2D eigenvalue weighted by Gasteiger charge is 2.22. The number of nitrogens with zero attached hydrogens (tertiary/aromatic N) is 1. The number of hydrogen-bond donors (Lipinski definition) is 0. The van der Waals surface area contributed by atoms with Crippen LogP contribution in [-0.2, 0) is 6.42 Å². The monoisotopic (exact) mass is 405 g/mol. The van der Waals surface area contributed by atoms with Crippen LogP contribution in [0.4, 0.5) is 0 Å². The van der Waals surface area contributed by atoms with Crippen LogP contribution in [0, 0.1) is 5.92 Å². The van der Waals surface area contributed by atoms with Crippen LogP contribution in [0.1, 0.15) is 114 Å². The number of aryl methyl sites for hydroxylation is 1. The molecule has 1 saturated carbocycles. The van der Waals surface area contributed by atoms with Crippen molar-refractivity contribution in [1.82, 2.24) is 4.98 Å². The maximum Gasteiger partial charge on any atom is 0.0434 e. The van der Waals surface area contributed by atoms with Crippen LogP contribution in [-0.4, -0.2) is 4.98 Å². The van der Waals surface area contributed by atoms with E-state index < -0.39 is 0 Å². The van der Waals surface area contributed by atoms with E-state index in [0.29, 0.717) is 5.92 Å². The molecule has 0 spiro atoms. The van der Waals surface area contributed by atoms with Crippen molar-refractivity contribution in [3.63, 3.8) is 0 Å². The van der Waals surface area contributed by atoms with Gasteiger partial charge in [-0.05, 0) is 61.6 Å². The van der Waals surface area contributed by atoms with Crippen molar-refractivity contribution >= 4 is 0 Å². The first-order chi connectivity index (χ1) is 14.8. The lowest BCUT2D eigenvalue weighted by Gasteiger charge is -2.28. The molecule has 1 heterocycles. The van der Waals surface area contributed by atoms with Crippen LogP contribution in [0.15, 0.2) is 42.6 Å². The molecule has 0 bridgehead atoms. The van der Waals surface area contributed by atoms with Crippen molar-refractivity contribution in [1.29, 1.82) is 0 Å². The minimum atomic E-state index is 0.677. The number of pyridine rings is 1. The summed E-state index contributed by atoms with van der Waals surface area (Å²) in [4.78, 5) is 4.88. The molecule has 0 unspecified atom stereocenters. The van der Waals surface area contributed by atoms with Gasteiger partial charge in [0.05, 0.1) is 0 Å². The van der Waals surface area contributed by atoms with Gasteiger partial charge in [-0.2, -0.15) is 0 Å². The van der Waals surface area contributed by atoms with Crippen LogP contribution >= 0.6 is 0 Å². The summed E-state index contributed by atoms with van der Waals surface area (Å²) in [5.74, 6) is 1.65. The van der Waals surface area contributed by atoms with Crippen molar-refractivity contribution < 1.29 is 0 Å². The van der Waals surface area contributed by atoms with E-state index in [-0.39, 0.29) is 0 Å². The van der Waals surface area contributed by atoms with Crippen LogP contribution < -0.4 is 0 Å². The van der Waals surface area contributed by atoms with Gasteiger partial charge in [0.2, 0.25) is 0 Å². The van der Waals surface area contributed by atoms with Crippen molar-refractivity contribution in [2.75, 3.05) is 0 Å². The van der Waals surface area contributed by atoms with Crippen molar-refractivity contribution in [3.8, 4) is 11.1 Å². The molecule has 1 aliphatic rings. The Morgan fingerprint density at radius 3 is 2.00 bits per heavy atom. The minimum absolute atomic E-state index is 0.677. The number of aromatic nitrogens is 1. The Labute approximate surface area is 185 Å². The standard InChI is InChI=1S/C29H43N/c1-3-5-7-9-11-24-13-17-26(18-14-24)28-21-22-29(30-23-28)27-19-15-25(16-20-27)12-10-8-6-4-2/h13-14,17-18,21-23,25,27H,3-12,15-16,19-20H2,1-2H3/t25-,27-. The third-order valence-electron chi connectivity index (χ3n) is 7.12. The zero-order chi connectivity index (χ0) is 21.0. The maximum atomic E-state index is 4.88. The Balaban J connectivity index is 1.46. The highest BCUT2D eigenvalue weighted by molar-refractivity contribution is 5.62. The molecule has 1 nitrogen and oxygen atoms in total. The lowest BCUT2D eigenvalue weighted by molar-refractivity contribution is 0.299. The summed E-state index contributed by atoms with van der Waals surface area (Å²) in [6.07, 6.45) is 21.2. The fourth-order valence-electron chi connectivity index (χ4n) is 5.04. The Kier molecular flexibility index (Phi) is 9.93. The molecule has 0 saturated heterocycles. The first kappa shape index (κ1) is 23.0. The normalized spacial score (nSPS) is 19.1. The Morgan fingerprint density at radius 1 is 0.700 bits per heavy atom. The van der Waals surface area contributed by atoms with Crippen molar-refractivity contribution in [2.45, 2.75) is 110 Å². The molecule has 0 radical (unpaired) electrons. The van der Waals surface area contributed by atoms with Gasteiger partial charge in [0, 0.05) is 23.4 Å². The molecule has 0 amide bonds. The fourth-order valence-corrected chi connectivity index (χ4v) is 5.04. The lowest BCUT2D eigenvalue weighted by Crippen LogP contribution is -2.14. The highest BCUT2D eigenvalue weighted by Crippen LogP contribution is 2.37. The maximum absolute atomic E-state index is 4.88.